The van der Waals surface area contributed by atoms with Gasteiger partial charge in [0.05, 0.1) is 15.5 Å². The summed E-state index contributed by atoms with van der Waals surface area (Å²) in [5, 5.41) is 20.1. The number of amides is 1. The first-order valence-corrected chi connectivity index (χ1v) is 11.0. The van der Waals surface area contributed by atoms with Crippen LogP contribution in [-0.4, -0.2) is 20.8 Å². The Morgan fingerprint density at radius 2 is 1.37 bits per heavy atom. The van der Waals surface area contributed by atoms with E-state index in [9.17, 15) is 14.9 Å². The van der Waals surface area contributed by atoms with Gasteiger partial charge in [0, 0.05) is 35.3 Å². The number of carbonyl (C=O) groups is 1. The fourth-order valence-electron chi connectivity index (χ4n) is 3.27. The molecule has 3 aromatic carbocycles. The van der Waals surface area contributed by atoms with Gasteiger partial charge in [-0.05, 0) is 56.3 Å². The van der Waals surface area contributed by atoms with Crippen molar-refractivity contribution in [2.75, 3.05) is 16.0 Å². The first-order valence-electron chi connectivity index (χ1n) is 10.6. The molecule has 0 unspecified atom stereocenters. The number of hydrogen-bond acceptors (Lipinski definition) is 7. The number of anilines is 5. The average molecular weight is 489 g/mol. The first kappa shape index (κ1) is 23.7. The van der Waals surface area contributed by atoms with Gasteiger partial charge in [-0.25, -0.2) is 9.97 Å². The van der Waals surface area contributed by atoms with Crippen molar-refractivity contribution in [1.82, 2.24) is 9.97 Å². The lowest BCUT2D eigenvalue weighted by atomic mass is 10.2. The molecule has 0 fully saturated rings. The summed E-state index contributed by atoms with van der Waals surface area (Å²) in [7, 11) is 0. The third kappa shape index (κ3) is 6.10. The molecule has 0 atom stereocenters. The van der Waals surface area contributed by atoms with E-state index in [1.807, 2.05) is 38.1 Å². The van der Waals surface area contributed by atoms with E-state index in [2.05, 4.69) is 25.9 Å². The maximum atomic E-state index is 12.5. The molecular weight excluding hydrogens is 468 g/mol. The summed E-state index contributed by atoms with van der Waals surface area (Å²) in [6.07, 6.45) is 0. The summed E-state index contributed by atoms with van der Waals surface area (Å²) in [6, 6.07) is 20.5. The van der Waals surface area contributed by atoms with E-state index in [0.29, 0.717) is 23.1 Å². The van der Waals surface area contributed by atoms with E-state index in [4.69, 9.17) is 11.6 Å². The van der Waals surface area contributed by atoms with E-state index >= 15 is 0 Å². The van der Waals surface area contributed by atoms with Crippen molar-refractivity contribution in [3.8, 4) is 0 Å². The number of non-ortho nitro benzene ring substituents is 1. The SMILES string of the molecule is Cc1ccc(Nc2cc(Nc3ccc(NC(=O)c4ccc([N+](=O)[O-])cc4Cl)cc3)nc(C)n2)cc1. The van der Waals surface area contributed by atoms with Crippen LogP contribution in [0, 0.1) is 24.0 Å². The monoisotopic (exact) mass is 488 g/mol. The summed E-state index contributed by atoms with van der Waals surface area (Å²) in [4.78, 5) is 31.7. The van der Waals surface area contributed by atoms with Crippen LogP contribution in [0.25, 0.3) is 0 Å². The summed E-state index contributed by atoms with van der Waals surface area (Å²) < 4.78 is 0. The van der Waals surface area contributed by atoms with Gasteiger partial charge in [-0.1, -0.05) is 29.3 Å². The molecule has 10 heteroatoms. The van der Waals surface area contributed by atoms with Crippen LogP contribution in [0.1, 0.15) is 21.7 Å². The average Bonchev–Trinajstić information content (AvgIpc) is 2.81. The second-order valence-corrected chi connectivity index (χ2v) is 8.16. The number of halogens is 1. The van der Waals surface area contributed by atoms with Crippen molar-refractivity contribution in [2.45, 2.75) is 13.8 Å². The Balaban J connectivity index is 1.43. The van der Waals surface area contributed by atoms with Crippen LogP contribution in [0.15, 0.2) is 72.8 Å². The molecule has 0 saturated carbocycles. The minimum atomic E-state index is -0.569. The quantitative estimate of drug-likeness (QED) is 0.203. The van der Waals surface area contributed by atoms with Crippen molar-refractivity contribution in [2.24, 2.45) is 0 Å². The molecule has 35 heavy (non-hydrogen) atoms. The molecule has 3 N–H and O–H groups in total. The Hall–Kier alpha value is -4.50. The Kier molecular flexibility index (Phi) is 6.88. The van der Waals surface area contributed by atoms with Gasteiger partial charge in [-0.15, -0.1) is 0 Å². The molecule has 0 aliphatic carbocycles. The zero-order valence-electron chi connectivity index (χ0n) is 18.9. The van der Waals surface area contributed by atoms with Gasteiger partial charge >= 0.3 is 0 Å². The van der Waals surface area contributed by atoms with E-state index in [0.717, 1.165) is 17.4 Å². The molecule has 0 bridgehead atoms. The molecule has 4 rings (SSSR count). The maximum absolute atomic E-state index is 12.5. The summed E-state index contributed by atoms with van der Waals surface area (Å²) in [5.41, 5.74) is 3.36. The van der Waals surface area contributed by atoms with E-state index in [-0.39, 0.29) is 16.3 Å². The van der Waals surface area contributed by atoms with E-state index in [1.54, 1.807) is 30.3 Å². The first-order chi connectivity index (χ1) is 16.8. The number of aromatic nitrogens is 2. The Labute approximate surface area is 206 Å². The molecule has 0 saturated heterocycles. The standard InChI is InChI=1S/C25H21ClN6O3/c1-15-3-5-17(6-4-15)29-23-14-24(28-16(2)27-23)30-18-7-9-19(10-8-18)31-25(33)21-12-11-20(32(34)35)13-22(21)26/h3-14H,1-2H3,(H,31,33)(H2,27,28,29,30). The minimum Gasteiger partial charge on any atom is -0.340 e. The molecule has 1 aromatic heterocycles. The van der Waals surface area contributed by atoms with Crippen molar-refractivity contribution in [3.05, 3.63) is 105 Å². The van der Waals surface area contributed by atoms with Crippen LogP contribution in [0.2, 0.25) is 5.02 Å². The second-order valence-electron chi connectivity index (χ2n) is 7.75. The second kappa shape index (κ2) is 10.2. The molecule has 4 aromatic rings. The van der Waals surface area contributed by atoms with Crippen molar-refractivity contribution in [1.29, 1.82) is 0 Å². The fraction of sp³-hybridized carbons (Fsp3) is 0.0800. The number of aryl methyl sites for hydroxylation is 2. The fourth-order valence-corrected chi connectivity index (χ4v) is 3.53. The van der Waals surface area contributed by atoms with Gasteiger partial charge in [0.2, 0.25) is 0 Å². The zero-order chi connectivity index (χ0) is 24.9. The number of nitrogens with zero attached hydrogens (tertiary/aromatic N) is 3. The van der Waals surface area contributed by atoms with Crippen molar-refractivity contribution >= 4 is 51.9 Å². The van der Waals surface area contributed by atoms with Gasteiger partial charge < -0.3 is 16.0 Å². The molecule has 9 nitrogen and oxygen atoms in total. The molecule has 0 radical (unpaired) electrons. The molecular formula is C25H21ClN6O3. The Morgan fingerprint density at radius 1 is 0.829 bits per heavy atom. The van der Waals surface area contributed by atoms with Crippen LogP contribution in [-0.2, 0) is 0 Å². The van der Waals surface area contributed by atoms with Crippen LogP contribution in [0.4, 0.5) is 34.4 Å². The van der Waals surface area contributed by atoms with Crippen LogP contribution in [0.3, 0.4) is 0 Å². The van der Waals surface area contributed by atoms with Gasteiger partial charge in [0.25, 0.3) is 11.6 Å². The molecule has 1 amide bonds. The highest BCUT2D eigenvalue weighted by Crippen LogP contribution is 2.25. The lowest BCUT2D eigenvalue weighted by Gasteiger charge is -2.11. The Morgan fingerprint density at radius 3 is 1.91 bits per heavy atom. The summed E-state index contributed by atoms with van der Waals surface area (Å²) in [5.74, 6) is 1.41. The van der Waals surface area contributed by atoms with Gasteiger partial charge in [0.1, 0.15) is 17.5 Å². The number of carbonyl (C=O) groups excluding carboxylic acids is 1. The highest BCUT2D eigenvalue weighted by atomic mass is 35.5. The van der Waals surface area contributed by atoms with E-state index < -0.39 is 10.8 Å². The lowest BCUT2D eigenvalue weighted by molar-refractivity contribution is -0.384. The highest BCUT2D eigenvalue weighted by molar-refractivity contribution is 6.34. The summed E-state index contributed by atoms with van der Waals surface area (Å²) in [6.45, 7) is 3.84. The van der Waals surface area contributed by atoms with Crippen molar-refractivity contribution in [3.63, 3.8) is 0 Å². The molecule has 1 heterocycles. The lowest BCUT2D eigenvalue weighted by Crippen LogP contribution is -2.12. The van der Waals surface area contributed by atoms with Crippen molar-refractivity contribution < 1.29 is 9.72 Å². The number of benzene rings is 3. The van der Waals surface area contributed by atoms with Crippen LogP contribution < -0.4 is 16.0 Å². The van der Waals surface area contributed by atoms with Gasteiger partial charge in [-0.3, -0.25) is 14.9 Å². The Bertz CT molecular complexity index is 1390. The van der Waals surface area contributed by atoms with Gasteiger partial charge in [0.15, 0.2) is 0 Å². The molecule has 176 valence electrons. The van der Waals surface area contributed by atoms with E-state index in [1.165, 1.54) is 17.7 Å². The minimum absolute atomic E-state index is 0.00386. The molecule has 0 aliphatic heterocycles. The highest BCUT2D eigenvalue weighted by Gasteiger charge is 2.15. The number of hydrogen-bond donors (Lipinski definition) is 3. The zero-order valence-corrected chi connectivity index (χ0v) is 19.6. The van der Waals surface area contributed by atoms with Gasteiger partial charge in [-0.2, -0.15) is 0 Å². The topological polar surface area (TPSA) is 122 Å². The van der Waals surface area contributed by atoms with Crippen LogP contribution >= 0.6 is 11.6 Å². The largest absolute Gasteiger partial charge is 0.340 e. The smallest absolute Gasteiger partial charge is 0.270 e. The number of nitrogens with one attached hydrogen (secondary N) is 3. The molecule has 0 spiro atoms. The third-order valence-corrected chi connectivity index (χ3v) is 5.30. The predicted molar refractivity (Wildman–Crippen MR) is 137 cm³/mol. The number of nitro groups is 1. The predicted octanol–water partition coefficient (Wildman–Crippen LogP) is 6.39. The third-order valence-electron chi connectivity index (χ3n) is 4.99. The number of nitro benzene ring substituents is 1. The maximum Gasteiger partial charge on any atom is 0.270 e. The molecule has 0 aliphatic rings. The van der Waals surface area contributed by atoms with Crippen LogP contribution in [0.5, 0.6) is 0 Å². The normalized spacial score (nSPS) is 10.5. The number of rotatable bonds is 7. The summed E-state index contributed by atoms with van der Waals surface area (Å²) >= 11 is 6.04.